The van der Waals surface area contributed by atoms with Gasteiger partial charge in [0.05, 0.1) is 7.11 Å². The standard InChI is InChI=1S/C20H17NO5/c1-3-18(22)25-16-10-9-13(12-17(16)24-2)11-15-20(23)26-19(21-15)14-7-5-4-6-8-14/h4-12H,3H2,1-2H3/b15-11-. The van der Waals surface area contributed by atoms with E-state index in [0.29, 0.717) is 17.1 Å². The maximum atomic E-state index is 12.1. The van der Waals surface area contributed by atoms with Crippen molar-refractivity contribution in [2.75, 3.05) is 7.11 Å². The third kappa shape index (κ3) is 3.80. The zero-order valence-electron chi connectivity index (χ0n) is 14.4. The Balaban J connectivity index is 1.88. The van der Waals surface area contributed by atoms with Crippen molar-refractivity contribution in [1.82, 2.24) is 0 Å². The highest BCUT2D eigenvalue weighted by Gasteiger charge is 2.24. The molecule has 0 atom stereocenters. The number of esters is 2. The van der Waals surface area contributed by atoms with Gasteiger partial charge in [0.15, 0.2) is 17.2 Å². The Kier molecular flexibility index (Phi) is 5.12. The van der Waals surface area contributed by atoms with Gasteiger partial charge in [0.2, 0.25) is 5.90 Å². The summed E-state index contributed by atoms with van der Waals surface area (Å²) in [7, 11) is 1.48. The molecule has 0 radical (unpaired) electrons. The molecule has 0 amide bonds. The molecule has 6 heteroatoms. The lowest BCUT2D eigenvalue weighted by molar-refractivity contribution is -0.134. The molecule has 0 spiro atoms. The second-order valence-electron chi connectivity index (χ2n) is 5.44. The number of carbonyl (C=O) groups is 2. The topological polar surface area (TPSA) is 74.2 Å². The quantitative estimate of drug-likeness (QED) is 0.469. The summed E-state index contributed by atoms with van der Waals surface area (Å²) in [5.74, 6) is 0.0984. The highest BCUT2D eigenvalue weighted by molar-refractivity contribution is 6.12. The monoisotopic (exact) mass is 351 g/mol. The number of carbonyl (C=O) groups excluding carboxylic acids is 2. The van der Waals surface area contributed by atoms with E-state index in [-0.39, 0.29) is 24.0 Å². The third-order valence-electron chi connectivity index (χ3n) is 3.64. The van der Waals surface area contributed by atoms with Crippen LogP contribution in [0.5, 0.6) is 11.5 Å². The van der Waals surface area contributed by atoms with Gasteiger partial charge in [-0.05, 0) is 35.9 Å². The van der Waals surface area contributed by atoms with Gasteiger partial charge in [-0.3, -0.25) is 4.79 Å². The molecule has 132 valence electrons. The number of nitrogens with zero attached hydrogens (tertiary/aromatic N) is 1. The van der Waals surface area contributed by atoms with E-state index in [9.17, 15) is 9.59 Å². The number of hydrogen-bond donors (Lipinski definition) is 0. The number of ether oxygens (including phenoxy) is 3. The Morgan fingerprint density at radius 2 is 1.92 bits per heavy atom. The first-order chi connectivity index (χ1) is 12.6. The van der Waals surface area contributed by atoms with E-state index >= 15 is 0 Å². The van der Waals surface area contributed by atoms with Crippen LogP contribution in [-0.4, -0.2) is 24.9 Å². The summed E-state index contributed by atoms with van der Waals surface area (Å²) < 4.78 is 15.7. The molecule has 6 nitrogen and oxygen atoms in total. The van der Waals surface area contributed by atoms with E-state index in [4.69, 9.17) is 14.2 Å². The van der Waals surface area contributed by atoms with Crippen LogP contribution in [0, 0.1) is 0 Å². The van der Waals surface area contributed by atoms with Gasteiger partial charge < -0.3 is 14.2 Å². The number of cyclic esters (lactones) is 1. The van der Waals surface area contributed by atoms with Crippen molar-refractivity contribution in [2.24, 2.45) is 4.99 Å². The van der Waals surface area contributed by atoms with Crippen molar-refractivity contribution in [3.05, 3.63) is 65.4 Å². The fraction of sp³-hybridized carbons (Fsp3) is 0.150. The van der Waals surface area contributed by atoms with Gasteiger partial charge in [-0.1, -0.05) is 31.2 Å². The average molecular weight is 351 g/mol. The van der Waals surface area contributed by atoms with E-state index in [1.807, 2.05) is 30.3 Å². The highest BCUT2D eigenvalue weighted by atomic mass is 16.6. The first-order valence-corrected chi connectivity index (χ1v) is 8.07. The molecule has 1 aliphatic heterocycles. The second-order valence-corrected chi connectivity index (χ2v) is 5.44. The van der Waals surface area contributed by atoms with Gasteiger partial charge in [0, 0.05) is 12.0 Å². The molecular formula is C20H17NO5. The molecule has 0 bridgehead atoms. The summed E-state index contributed by atoms with van der Waals surface area (Å²) in [5.41, 5.74) is 1.58. The smallest absolute Gasteiger partial charge is 0.363 e. The van der Waals surface area contributed by atoms with Crippen molar-refractivity contribution >= 4 is 23.9 Å². The summed E-state index contributed by atoms with van der Waals surface area (Å²) >= 11 is 0. The molecule has 0 saturated carbocycles. The second kappa shape index (κ2) is 7.65. The van der Waals surface area contributed by atoms with E-state index in [1.54, 1.807) is 31.2 Å². The normalized spacial score (nSPS) is 14.8. The molecule has 0 unspecified atom stereocenters. The van der Waals surface area contributed by atoms with Crippen LogP contribution in [0.2, 0.25) is 0 Å². The molecule has 1 heterocycles. The van der Waals surface area contributed by atoms with Crippen LogP contribution in [0.15, 0.2) is 59.2 Å². The molecule has 2 aromatic rings. The Morgan fingerprint density at radius 1 is 1.15 bits per heavy atom. The van der Waals surface area contributed by atoms with Gasteiger partial charge in [0.1, 0.15) is 0 Å². The third-order valence-corrected chi connectivity index (χ3v) is 3.64. The van der Waals surface area contributed by atoms with Gasteiger partial charge in [0.25, 0.3) is 0 Å². The molecule has 0 N–H and O–H groups in total. The lowest BCUT2D eigenvalue weighted by Gasteiger charge is -2.09. The molecule has 1 aliphatic rings. The van der Waals surface area contributed by atoms with Crippen LogP contribution in [-0.2, 0) is 14.3 Å². The van der Waals surface area contributed by atoms with Gasteiger partial charge >= 0.3 is 11.9 Å². The molecule has 0 aliphatic carbocycles. The summed E-state index contributed by atoms with van der Waals surface area (Å²) in [5, 5.41) is 0. The van der Waals surface area contributed by atoms with Crippen LogP contribution in [0.4, 0.5) is 0 Å². The van der Waals surface area contributed by atoms with E-state index in [1.165, 1.54) is 7.11 Å². The van der Waals surface area contributed by atoms with Gasteiger partial charge in [-0.25, -0.2) is 9.79 Å². The Hall–Kier alpha value is -3.41. The van der Waals surface area contributed by atoms with Crippen LogP contribution < -0.4 is 9.47 Å². The average Bonchev–Trinajstić information content (AvgIpc) is 3.04. The Morgan fingerprint density at radius 3 is 2.62 bits per heavy atom. The maximum absolute atomic E-state index is 12.1. The number of aliphatic imine (C=N–C) groups is 1. The predicted molar refractivity (Wildman–Crippen MR) is 96.0 cm³/mol. The minimum atomic E-state index is -0.524. The molecule has 0 saturated heterocycles. The van der Waals surface area contributed by atoms with Crippen molar-refractivity contribution in [3.8, 4) is 11.5 Å². The van der Waals surface area contributed by atoms with Crippen LogP contribution in [0.1, 0.15) is 24.5 Å². The maximum Gasteiger partial charge on any atom is 0.363 e. The Bertz CT molecular complexity index is 900. The van der Waals surface area contributed by atoms with Crippen LogP contribution in [0.25, 0.3) is 6.08 Å². The van der Waals surface area contributed by atoms with Gasteiger partial charge in [-0.2, -0.15) is 0 Å². The zero-order chi connectivity index (χ0) is 18.5. The molecule has 0 fully saturated rings. The predicted octanol–water partition coefficient (Wildman–Crippen LogP) is 3.36. The number of methoxy groups -OCH3 is 1. The molecule has 0 aromatic heterocycles. The van der Waals surface area contributed by atoms with Gasteiger partial charge in [-0.15, -0.1) is 0 Å². The minimum absolute atomic E-state index is 0.184. The summed E-state index contributed by atoms with van der Waals surface area (Å²) in [6, 6.07) is 14.2. The number of hydrogen-bond acceptors (Lipinski definition) is 6. The van der Waals surface area contributed by atoms with E-state index in [2.05, 4.69) is 4.99 Å². The fourth-order valence-corrected chi connectivity index (χ4v) is 2.32. The molecule has 2 aromatic carbocycles. The lowest BCUT2D eigenvalue weighted by atomic mass is 10.1. The van der Waals surface area contributed by atoms with Crippen LogP contribution >= 0.6 is 0 Å². The molecule has 26 heavy (non-hydrogen) atoms. The van der Waals surface area contributed by atoms with Crippen molar-refractivity contribution in [2.45, 2.75) is 13.3 Å². The van der Waals surface area contributed by atoms with Crippen molar-refractivity contribution in [1.29, 1.82) is 0 Å². The van der Waals surface area contributed by atoms with Crippen molar-refractivity contribution < 1.29 is 23.8 Å². The largest absolute Gasteiger partial charge is 0.493 e. The number of rotatable bonds is 5. The summed E-state index contributed by atoms with van der Waals surface area (Å²) in [4.78, 5) is 27.8. The fourth-order valence-electron chi connectivity index (χ4n) is 2.32. The van der Waals surface area contributed by atoms with Crippen molar-refractivity contribution in [3.63, 3.8) is 0 Å². The number of benzene rings is 2. The first kappa shape index (κ1) is 17.4. The zero-order valence-corrected chi connectivity index (χ0v) is 14.4. The first-order valence-electron chi connectivity index (χ1n) is 8.07. The molecule has 3 rings (SSSR count). The van der Waals surface area contributed by atoms with E-state index in [0.717, 1.165) is 5.56 Å². The lowest BCUT2D eigenvalue weighted by Crippen LogP contribution is -2.06. The molecular weight excluding hydrogens is 334 g/mol. The minimum Gasteiger partial charge on any atom is -0.493 e. The Labute approximate surface area is 150 Å². The SMILES string of the molecule is CCC(=O)Oc1ccc(/C=C2\N=C(c3ccccc3)OC2=O)cc1OC. The summed E-state index contributed by atoms with van der Waals surface area (Å²) in [6.45, 7) is 1.71. The van der Waals surface area contributed by atoms with E-state index < -0.39 is 5.97 Å². The summed E-state index contributed by atoms with van der Waals surface area (Å²) in [6.07, 6.45) is 1.85. The van der Waals surface area contributed by atoms with Crippen LogP contribution in [0.3, 0.4) is 0 Å². The highest BCUT2D eigenvalue weighted by Crippen LogP contribution is 2.30.